The molecule has 1 rings (SSSR count). The number of amides is 1. The number of hydrogen-bond acceptors (Lipinski definition) is 4. The van der Waals surface area contributed by atoms with Crippen LogP contribution in [0.3, 0.4) is 0 Å². The van der Waals surface area contributed by atoms with E-state index in [-0.39, 0.29) is 0 Å². The van der Waals surface area contributed by atoms with Gasteiger partial charge in [0.25, 0.3) is 0 Å². The fourth-order valence-corrected chi connectivity index (χ4v) is 1.76. The molecule has 7 nitrogen and oxygen atoms in total. The zero-order valence-corrected chi connectivity index (χ0v) is 10.8. The fraction of sp³-hybridized carbons (Fsp3) is 0.0909. The van der Waals surface area contributed by atoms with Crippen LogP contribution in [0.2, 0.25) is 0 Å². The first-order valence-corrected chi connectivity index (χ1v) is 6.95. The molecule has 1 aromatic carbocycles. The Hall–Kier alpha value is -2.35. The summed E-state index contributed by atoms with van der Waals surface area (Å²) in [5.41, 5.74) is 0.635. The van der Waals surface area contributed by atoms with Gasteiger partial charge in [-0.25, -0.2) is 13.2 Å². The van der Waals surface area contributed by atoms with E-state index in [1.54, 1.807) is 12.1 Å². The highest BCUT2D eigenvalue weighted by Gasteiger charge is 2.04. The average Bonchev–Trinajstić information content (AvgIpc) is 2.24. The Labute approximate surface area is 110 Å². The summed E-state index contributed by atoms with van der Waals surface area (Å²) in [6.07, 6.45) is 2.57. The number of sulfonamides is 1. The van der Waals surface area contributed by atoms with Crippen molar-refractivity contribution < 1.29 is 23.1 Å². The van der Waals surface area contributed by atoms with Crippen LogP contribution in [0.4, 0.5) is 11.4 Å². The van der Waals surface area contributed by atoms with Crippen molar-refractivity contribution in [3.05, 3.63) is 36.4 Å². The molecule has 0 unspecified atom stereocenters. The van der Waals surface area contributed by atoms with E-state index < -0.39 is 21.9 Å². The van der Waals surface area contributed by atoms with Gasteiger partial charge in [-0.1, -0.05) is 6.07 Å². The molecule has 0 saturated carbocycles. The van der Waals surface area contributed by atoms with Gasteiger partial charge >= 0.3 is 5.97 Å². The molecule has 0 aliphatic heterocycles. The number of benzene rings is 1. The molecule has 1 amide bonds. The van der Waals surface area contributed by atoms with Crippen molar-refractivity contribution in [1.29, 1.82) is 0 Å². The quantitative estimate of drug-likeness (QED) is 0.687. The van der Waals surface area contributed by atoms with E-state index in [1.807, 2.05) is 0 Å². The third-order valence-corrected chi connectivity index (χ3v) is 2.42. The Balaban J connectivity index is 2.77. The topological polar surface area (TPSA) is 113 Å². The SMILES string of the molecule is CS(=O)(=O)Nc1cccc(NC(=O)/C=C/C(=O)O)c1. The number of aliphatic carboxylic acids is 1. The molecule has 102 valence electrons. The number of anilines is 2. The van der Waals surface area contributed by atoms with E-state index in [9.17, 15) is 18.0 Å². The van der Waals surface area contributed by atoms with Gasteiger partial charge in [-0.2, -0.15) is 0 Å². The van der Waals surface area contributed by atoms with E-state index in [2.05, 4.69) is 10.0 Å². The Morgan fingerprint density at radius 2 is 1.84 bits per heavy atom. The normalized spacial score (nSPS) is 11.2. The Morgan fingerprint density at radius 3 is 2.42 bits per heavy atom. The summed E-state index contributed by atoms with van der Waals surface area (Å²) in [6, 6.07) is 6.02. The second-order valence-electron chi connectivity index (χ2n) is 3.62. The number of carboxylic acids is 1. The van der Waals surface area contributed by atoms with E-state index in [0.717, 1.165) is 12.3 Å². The second kappa shape index (κ2) is 6.01. The lowest BCUT2D eigenvalue weighted by Crippen LogP contribution is -2.11. The number of nitrogens with one attached hydrogen (secondary N) is 2. The third-order valence-electron chi connectivity index (χ3n) is 1.81. The summed E-state index contributed by atoms with van der Waals surface area (Å²) in [4.78, 5) is 21.5. The molecule has 1 aromatic rings. The largest absolute Gasteiger partial charge is 0.478 e. The summed E-state index contributed by atoms with van der Waals surface area (Å²) in [7, 11) is -3.40. The van der Waals surface area contributed by atoms with Crippen LogP contribution in [0.15, 0.2) is 36.4 Å². The maximum Gasteiger partial charge on any atom is 0.328 e. The summed E-state index contributed by atoms with van der Waals surface area (Å²) < 4.78 is 24.3. The number of carboxylic acid groups (broad SMARTS) is 1. The van der Waals surface area contributed by atoms with Crippen molar-refractivity contribution in [2.45, 2.75) is 0 Å². The number of carbonyl (C=O) groups excluding carboxylic acids is 1. The number of hydrogen-bond donors (Lipinski definition) is 3. The van der Waals surface area contributed by atoms with Gasteiger partial charge < -0.3 is 10.4 Å². The standard InChI is InChI=1S/C11H12N2O5S/c1-19(17,18)13-9-4-2-3-8(7-9)12-10(14)5-6-11(15)16/h2-7,13H,1H3,(H,12,14)(H,15,16)/b6-5+. The van der Waals surface area contributed by atoms with Crippen LogP contribution < -0.4 is 10.0 Å². The van der Waals surface area contributed by atoms with Crippen molar-refractivity contribution in [2.75, 3.05) is 16.3 Å². The highest BCUT2D eigenvalue weighted by atomic mass is 32.2. The zero-order chi connectivity index (χ0) is 14.5. The molecule has 0 spiro atoms. The first kappa shape index (κ1) is 14.7. The van der Waals surface area contributed by atoms with E-state index in [4.69, 9.17) is 5.11 Å². The highest BCUT2D eigenvalue weighted by Crippen LogP contribution is 2.15. The molecular formula is C11H12N2O5S. The lowest BCUT2D eigenvalue weighted by Gasteiger charge is -2.06. The Morgan fingerprint density at radius 1 is 1.21 bits per heavy atom. The molecule has 0 bridgehead atoms. The van der Waals surface area contributed by atoms with Crippen molar-refractivity contribution in [3.63, 3.8) is 0 Å². The molecule has 8 heteroatoms. The van der Waals surface area contributed by atoms with Gasteiger partial charge in [0, 0.05) is 17.8 Å². The maximum atomic E-state index is 11.3. The summed E-state index contributed by atoms with van der Waals surface area (Å²) in [5.74, 6) is -1.86. The zero-order valence-electron chi connectivity index (χ0n) is 9.95. The van der Waals surface area contributed by atoms with Crippen LogP contribution in [0.5, 0.6) is 0 Å². The molecule has 0 radical (unpaired) electrons. The molecule has 19 heavy (non-hydrogen) atoms. The van der Waals surface area contributed by atoms with Gasteiger partial charge in [-0.05, 0) is 18.2 Å². The highest BCUT2D eigenvalue weighted by molar-refractivity contribution is 7.92. The fourth-order valence-electron chi connectivity index (χ4n) is 1.21. The van der Waals surface area contributed by atoms with Crippen LogP contribution in [0, 0.1) is 0 Å². The number of rotatable bonds is 5. The van der Waals surface area contributed by atoms with Gasteiger partial charge in [-0.15, -0.1) is 0 Å². The first-order chi connectivity index (χ1) is 8.76. The van der Waals surface area contributed by atoms with Gasteiger partial charge in [0.15, 0.2) is 0 Å². The molecule has 0 aromatic heterocycles. The average molecular weight is 284 g/mol. The minimum Gasteiger partial charge on any atom is -0.478 e. The predicted molar refractivity (Wildman–Crippen MR) is 70.3 cm³/mol. The Bertz CT molecular complexity index is 622. The molecule has 0 aliphatic rings. The molecule has 3 N–H and O–H groups in total. The van der Waals surface area contributed by atoms with E-state index >= 15 is 0 Å². The minimum absolute atomic E-state index is 0.294. The lowest BCUT2D eigenvalue weighted by molar-refractivity contribution is -0.131. The van der Waals surface area contributed by atoms with Crippen molar-refractivity contribution in [3.8, 4) is 0 Å². The second-order valence-corrected chi connectivity index (χ2v) is 5.36. The van der Waals surface area contributed by atoms with Crippen LogP contribution in [0.25, 0.3) is 0 Å². The number of carbonyl (C=O) groups is 2. The monoisotopic (exact) mass is 284 g/mol. The molecule has 0 aliphatic carbocycles. The third kappa shape index (κ3) is 6.22. The van der Waals surface area contributed by atoms with E-state index in [1.165, 1.54) is 12.1 Å². The smallest absolute Gasteiger partial charge is 0.328 e. The first-order valence-electron chi connectivity index (χ1n) is 5.06. The molecule has 0 saturated heterocycles. The predicted octanol–water partition coefficient (Wildman–Crippen LogP) is 0.637. The minimum atomic E-state index is -3.40. The van der Waals surface area contributed by atoms with Crippen LogP contribution in [0.1, 0.15) is 0 Å². The van der Waals surface area contributed by atoms with Gasteiger partial charge in [0.2, 0.25) is 15.9 Å². The van der Waals surface area contributed by atoms with Gasteiger partial charge in [-0.3, -0.25) is 9.52 Å². The van der Waals surface area contributed by atoms with Crippen molar-refractivity contribution in [2.24, 2.45) is 0 Å². The van der Waals surface area contributed by atoms with Crippen molar-refractivity contribution >= 4 is 33.3 Å². The summed E-state index contributed by atoms with van der Waals surface area (Å²) >= 11 is 0. The summed E-state index contributed by atoms with van der Waals surface area (Å²) in [6.45, 7) is 0. The Kier molecular flexibility index (Phi) is 4.65. The van der Waals surface area contributed by atoms with Gasteiger partial charge in [0.05, 0.1) is 11.9 Å². The molecular weight excluding hydrogens is 272 g/mol. The van der Waals surface area contributed by atoms with E-state index in [0.29, 0.717) is 17.5 Å². The lowest BCUT2D eigenvalue weighted by atomic mass is 10.3. The molecule has 0 fully saturated rings. The van der Waals surface area contributed by atoms with Crippen LogP contribution >= 0.6 is 0 Å². The van der Waals surface area contributed by atoms with Gasteiger partial charge in [0.1, 0.15) is 0 Å². The van der Waals surface area contributed by atoms with Crippen molar-refractivity contribution in [1.82, 2.24) is 0 Å². The molecule has 0 atom stereocenters. The molecule has 0 heterocycles. The van der Waals surface area contributed by atoms with Crippen LogP contribution in [-0.2, 0) is 19.6 Å². The summed E-state index contributed by atoms with van der Waals surface area (Å²) in [5, 5.41) is 10.8. The maximum absolute atomic E-state index is 11.3. The van der Waals surface area contributed by atoms with Crippen LogP contribution in [-0.4, -0.2) is 31.7 Å².